The van der Waals surface area contributed by atoms with Crippen molar-refractivity contribution in [2.45, 2.75) is 53.9 Å². The highest BCUT2D eigenvalue weighted by molar-refractivity contribution is 6.20. The van der Waals surface area contributed by atoms with Gasteiger partial charge < -0.3 is 14.9 Å². The van der Waals surface area contributed by atoms with Crippen LogP contribution in [0.25, 0.3) is 0 Å². The normalized spacial score (nSPS) is 20.4. The van der Waals surface area contributed by atoms with Crippen LogP contribution >= 0.6 is 0 Å². The molecule has 1 aliphatic heterocycles. The SMILES string of the molecule is CC(C)C1C2=C(Oc3c(C(=O)Cc4ccc(F)cc4)c(O)cc(O)c31)C(C)(C)C(=O)C(C)(C)C2=O. The van der Waals surface area contributed by atoms with Gasteiger partial charge in [0.2, 0.25) is 0 Å². The Kier molecular flexibility index (Phi) is 5.66. The molecule has 1 heterocycles. The molecule has 0 spiro atoms. The fraction of sp³-hybridized carbons (Fsp3) is 0.393. The summed E-state index contributed by atoms with van der Waals surface area (Å²) in [5, 5.41) is 21.6. The summed E-state index contributed by atoms with van der Waals surface area (Å²) in [6.45, 7) is 10.3. The first-order chi connectivity index (χ1) is 16.2. The Morgan fingerprint density at radius 2 is 1.63 bits per heavy atom. The van der Waals surface area contributed by atoms with Gasteiger partial charge in [0, 0.05) is 29.5 Å². The van der Waals surface area contributed by atoms with E-state index in [-0.39, 0.29) is 52.3 Å². The second-order valence-corrected chi connectivity index (χ2v) is 10.7. The van der Waals surface area contributed by atoms with Gasteiger partial charge in [0.1, 0.15) is 34.4 Å². The van der Waals surface area contributed by atoms with Crippen LogP contribution in [0.15, 0.2) is 41.7 Å². The number of phenolic OH excluding ortho intramolecular Hbond substituents is 2. The number of halogens is 1. The molecule has 0 amide bonds. The molecule has 1 atom stereocenters. The number of allylic oxidation sites excluding steroid dienone is 2. The van der Waals surface area contributed by atoms with Gasteiger partial charge in [0.25, 0.3) is 0 Å². The summed E-state index contributed by atoms with van der Waals surface area (Å²) in [6.07, 6.45) is -0.152. The monoisotopic (exact) mass is 480 g/mol. The molecule has 0 saturated carbocycles. The lowest BCUT2D eigenvalue weighted by Crippen LogP contribution is -2.52. The van der Waals surface area contributed by atoms with Crippen LogP contribution in [0.1, 0.15) is 68.9 Å². The summed E-state index contributed by atoms with van der Waals surface area (Å²) >= 11 is 0. The van der Waals surface area contributed by atoms with E-state index in [1.807, 2.05) is 13.8 Å². The van der Waals surface area contributed by atoms with E-state index in [4.69, 9.17) is 4.74 Å². The van der Waals surface area contributed by atoms with Crippen molar-refractivity contribution >= 4 is 17.3 Å². The predicted molar refractivity (Wildman–Crippen MR) is 127 cm³/mol. The third-order valence-corrected chi connectivity index (χ3v) is 7.09. The van der Waals surface area contributed by atoms with Gasteiger partial charge in [-0.1, -0.05) is 26.0 Å². The van der Waals surface area contributed by atoms with Crippen LogP contribution in [0.4, 0.5) is 4.39 Å². The van der Waals surface area contributed by atoms with E-state index in [1.165, 1.54) is 24.3 Å². The maximum Gasteiger partial charge on any atom is 0.175 e. The molecular weight excluding hydrogens is 451 g/mol. The van der Waals surface area contributed by atoms with Crippen molar-refractivity contribution < 1.29 is 33.7 Å². The molecule has 0 fully saturated rings. The number of ketones is 3. The third-order valence-electron chi connectivity index (χ3n) is 7.09. The molecule has 0 radical (unpaired) electrons. The second-order valence-electron chi connectivity index (χ2n) is 10.7. The van der Waals surface area contributed by atoms with E-state index in [1.54, 1.807) is 27.7 Å². The lowest BCUT2D eigenvalue weighted by atomic mass is 9.59. The minimum absolute atomic E-state index is 0.0551. The van der Waals surface area contributed by atoms with Crippen LogP contribution in [0, 0.1) is 22.6 Å². The summed E-state index contributed by atoms with van der Waals surface area (Å²) in [7, 11) is 0. The van der Waals surface area contributed by atoms with Gasteiger partial charge in [-0.25, -0.2) is 4.39 Å². The lowest BCUT2D eigenvalue weighted by molar-refractivity contribution is -0.144. The molecule has 2 N–H and O–H groups in total. The van der Waals surface area contributed by atoms with E-state index in [0.717, 1.165) is 6.07 Å². The zero-order valence-corrected chi connectivity index (χ0v) is 20.7. The lowest BCUT2D eigenvalue weighted by Gasteiger charge is -2.45. The number of fused-ring (bicyclic) bond motifs is 1. The van der Waals surface area contributed by atoms with E-state index < -0.39 is 34.1 Å². The second kappa shape index (κ2) is 8.04. The minimum Gasteiger partial charge on any atom is -0.507 e. The Balaban J connectivity index is 1.95. The first-order valence-corrected chi connectivity index (χ1v) is 11.6. The molecule has 184 valence electrons. The summed E-state index contributed by atoms with van der Waals surface area (Å²) in [6, 6.07) is 6.50. The molecule has 35 heavy (non-hydrogen) atoms. The summed E-state index contributed by atoms with van der Waals surface area (Å²) < 4.78 is 19.5. The van der Waals surface area contributed by atoms with E-state index in [2.05, 4.69) is 0 Å². The quantitative estimate of drug-likeness (QED) is 0.458. The van der Waals surface area contributed by atoms with Crippen molar-refractivity contribution in [2.75, 3.05) is 0 Å². The number of ether oxygens (including phenoxy) is 1. The maximum atomic E-state index is 13.6. The average Bonchev–Trinajstić information content (AvgIpc) is 2.77. The molecule has 4 rings (SSSR count). The molecule has 7 heteroatoms. The average molecular weight is 481 g/mol. The zero-order chi connectivity index (χ0) is 26.0. The topological polar surface area (TPSA) is 101 Å². The standard InChI is InChI=1S/C28H29FO6/c1-13(2)19-21-18(32)12-17(31)20(16(30)11-14-7-9-15(29)10-8-14)23(21)35-25-22(19)24(33)27(3,4)26(34)28(25,5)6/h7-10,12-13,19,31-32H,11H2,1-6H3. The number of carbonyl (C=O) groups excluding carboxylic acids is 3. The molecule has 2 aromatic rings. The van der Waals surface area contributed by atoms with Gasteiger partial charge in [-0.2, -0.15) is 0 Å². The number of Topliss-reactive ketones (excluding diaryl/α,β-unsaturated/α-hetero) is 3. The summed E-state index contributed by atoms with van der Waals surface area (Å²) in [4.78, 5) is 40.3. The van der Waals surface area contributed by atoms with Crippen molar-refractivity contribution in [3.63, 3.8) is 0 Å². The van der Waals surface area contributed by atoms with Crippen molar-refractivity contribution in [3.8, 4) is 17.2 Å². The van der Waals surface area contributed by atoms with Crippen LogP contribution in [0.2, 0.25) is 0 Å². The Morgan fingerprint density at radius 3 is 2.20 bits per heavy atom. The fourth-order valence-electron chi connectivity index (χ4n) is 5.34. The highest BCUT2D eigenvalue weighted by Crippen LogP contribution is 2.58. The Morgan fingerprint density at radius 1 is 1.03 bits per heavy atom. The minimum atomic E-state index is -1.29. The molecule has 2 aliphatic rings. The van der Waals surface area contributed by atoms with Crippen LogP contribution in [-0.2, 0) is 16.0 Å². The van der Waals surface area contributed by atoms with Crippen LogP contribution < -0.4 is 4.74 Å². The number of hydrogen-bond donors (Lipinski definition) is 2. The highest BCUT2D eigenvalue weighted by atomic mass is 19.1. The third kappa shape index (κ3) is 3.65. The maximum absolute atomic E-state index is 13.6. The van der Waals surface area contributed by atoms with Gasteiger partial charge in [-0.3, -0.25) is 14.4 Å². The number of aromatic hydroxyl groups is 2. The molecular formula is C28H29FO6. The van der Waals surface area contributed by atoms with Crippen molar-refractivity contribution in [1.82, 2.24) is 0 Å². The Hall–Kier alpha value is -3.48. The summed E-state index contributed by atoms with van der Waals surface area (Å²) in [5.74, 6) is -3.22. The van der Waals surface area contributed by atoms with Crippen molar-refractivity contribution in [1.29, 1.82) is 0 Å². The van der Waals surface area contributed by atoms with Crippen molar-refractivity contribution in [2.24, 2.45) is 16.7 Å². The van der Waals surface area contributed by atoms with Gasteiger partial charge in [0.05, 0.1) is 10.8 Å². The molecule has 1 unspecified atom stereocenters. The smallest absolute Gasteiger partial charge is 0.175 e. The zero-order valence-electron chi connectivity index (χ0n) is 20.7. The number of rotatable bonds is 4. The molecule has 0 bridgehead atoms. The highest BCUT2D eigenvalue weighted by Gasteiger charge is 2.57. The first kappa shape index (κ1) is 24.6. The Labute approximate surface area is 203 Å². The number of phenols is 2. The molecule has 2 aromatic carbocycles. The molecule has 6 nitrogen and oxygen atoms in total. The van der Waals surface area contributed by atoms with Gasteiger partial charge in [-0.05, 0) is 51.3 Å². The molecule has 0 aromatic heterocycles. The van der Waals surface area contributed by atoms with E-state index in [9.17, 15) is 29.0 Å². The van der Waals surface area contributed by atoms with Gasteiger partial charge in [-0.15, -0.1) is 0 Å². The largest absolute Gasteiger partial charge is 0.507 e. The van der Waals surface area contributed by atoms with Crippen LogP contribution in [-0.4, -0.2) is 27.6 Å². The first-order valence-electron chi connectivity index (χ1n) is 11.6. The van der Waals surface area contributed by atoms with Crippen LogP contribution in [0.5, 0.6) is 17.2 Å². The Bertz CT molecular complexity index is 1300. The number of benzene rings is 2. The molecule has 0 saturated heterocycles. The predicted octanol–water partition coefficient (Wildman–Crippen LogP) is 5.25. The van der Waals surface area contributed by atoms with E-state index >= 15 is 0 Å². The summed E-state index contributed by atoms with van der Waals surface area (Å²) in [5.41, 5.74) is -1.56. The van der Waals surface area contributed by atoms with Gasteiger partial charge in [0.15, 0.2) is 17.3 Å². The number of carbonyl (C=O) groups is 3. The molecule has 1 aliphatic carbocycles. The van der Waals surface area contributed by atoms with E-state index in [0.29, 0.717) is 11.1 Å². The van der Waals surface area contributed by atoms with Crippen molar-refractivity contribution in [3.05, 3.63) is 64.2 Å². The van der Waals surface area contributed by atoms with Gasteiger partial charge >= 0.3 is 0 Å². The number of hydrogen-bond acceptors (Lipinski definition) is 6. The van der Waals surface area contributed by atoms with Crippen LogP contribution in [0.3, 0.4) is 0 Å². The fourth-order valence-corrected chi connectivity index (χ4v) is 5.34.